The number of hydrogen-bond donors (Lipinski definition) is 3. The van der Waals surface area contributed by atoms with Crippen molar-refractivity contribution in [3.8, 4) is 0 Å². The normalized spacial score (nSPS) is 25.3. The van der Waals surface area contributed by atoms with Gasteiger partial charge in [0.05, 0.1) is 0 Å². The number of nitrogens with one attached hydrogen (secondary N) is 3. The van der Waals surface area contributed by atoms with Gasteiger partial charge in [0.25, 0.3) is 5.91 Å². The molecule has 2 rings (SSSR count). The van der Waals surface area contributed by atoms with Crippen LogP contribution in [0.4, 0.5) is 4.79 Å². The van der Waals surface area contributed by atoms with Gasteiger partial charge in [-0.1, -0.05) is 27.7 Å². The van der Waals surface area contributed by atoms with Gasteiger partial charge in [0, 0.05) is 13.1 Å². The summed E-state index contributed by atoms with van der Waals surface area (Å²) in [7, 11) is 0. The molecule has 0 atom stereocenters. The van der Waals surface area contributed by atoms with Crippen LogP contribution in [0.2, 0.25) is 0 Å². The van der Waals surface area contributed by atoms with E-state index in [0.29, 0.717) is 31.8 Å². The number of imide groups is 1. The zero-order valence-corrected chi connectivity index (χ0v) is 17.8. The summed E-state index contributed by atoms with van der Waals surface area (Å²) >= 11 is 0. The molecule has 4 amide bonds. The zero-order valence-electron chi connectivity index (χ0n) is 17.0. The summed E-state index contributed by atoms with van der Waals surface area (Å²) in [6.45, 7) is 10.6. The third kappa shape index (κ3) is 5.82. The second-order valence-electron chi connectivity index (χ2n) is 8.64. The van der Waals surface area contributed by atoms with Crippen molar-refractivity contribution >= 4 is 30.3 Å². The number of carbonyl (C=O) groups excluding carboxylic acids is 3. The molecule has 1 saturated heterocycles. The first kappa shape index (κ1) is 23.7. The minimum Gasteiger partial charge on any atom is -0.353 e. The number of carbonyl (C=O) groups is 3. The molecular formula is C19H35ClN4O3. The van der Waals surface area contributed by atoms with Crippen LogP contribution in [0.5, 0.6) is 0 Å². The van der Waals surface area contributed by atoms with Gasteiger partial charge in [-0.25, -0.2) is 4.79 Å². The topological polar surface area (TPSA) is 90.5 Å². The highest BCUT2D eigenvalue weighted by molar-refractivity contribution is 6.09. The van der Waals surface area contributed by atoms with Crippen LogP contribution in [0.1, 0.15) is 59.8 Å². The Balaban J connectivity index is 0.00000364. The zero-order chi connectivity index (χ0) is 19.4. The van der Waals surface area contributed by atoms with Crippen molar-refractivity contribution in [2.24, 2.45) is 11.3 Å². The van der Waals surface area contributed by atoms with Crippen molar-refractivity contribution in [1.29, 1.82) is 0 Å². The Labute approximate surface area is 168 Å². The number of rotatable bonds is 7. The third-order valence-electron chi connectivity index (χ3n) is 5.66. The number of amides is 4. The van der Waals surface area contributed by atoms with E-state index < -0.39 is 11.6 Å². The Bertz CT molecular complexity index is 540. The van der Waals surface area contributed by atoms with Crippen LogP contribution in [0.25, 0.3) is 0 Å². The lowest BCUT2D eigenvalue weighted by atomic mass is 9.67. The third-order valence-corrected chi connectivity index (χ3v) is 5.66. The Hall–Kier alpha value is -1.34. The highest BCUT2D eigenvalue weighted by Crippen LogP contribution is 2.43. The van der Waals surface area contributed by atoms with E-state index in [0.717, 1.165) is 30.7 Å². The van der Waals surface area contributed by atoms with Gasteiger partial charge >= 0.3 is 6.03 Å². The average Bonchev–Trinajstić information content (AvgIpc) is 2.78. The molecule has 1 saturated carbocycles. The Kier molecular flexibility index (Phi) is 8.54. The van der Waals surface area contributed by atoms with Gasteiger partial charge < -0.3 is 16.0 Å². The predicted octanol–water partition coefficient (Wildman–Crippen LogP) is 2.05. The van der Waals surface area contributed by atoms with Crippen LogP contribution in [-0.4, -0.2) is 54.5 Å². The molecule has 2 aliphatic rings. The molecule has 0 aromatic rings. The molecule has 1 aliphatic heterocycles. The fourth-order valence-electron chi connectivity index (χ4n) is 3.93. The molecule has 0 aromatic heterocycles. The van der Waals surface area contributed by atoms with Gasteiger partial charge in [0.2, 0.25) is 5.91 Å². The van der Waals surface area contributed by atoms with Crippen molar-refractivity contribution in [2.75, 3.05) is 26.2 Å². The predicted molar refractivity (Wildman–Crippen MR) is 108 cm³/mol. The molecule has 8 heteroatoms. The van der Waals surface area contributed by atoms with Crippen LogP contribution >= 0.6 is 12.4 Å². The minimum atomic E-state index is -0.804. The summed E-state index contributed by atoms with van der Waals surface area (Å²) in [5.41, 5.74) is -0.597. The molecule has 2 fully saturated rings. The molecule has 1 spiro atoms. The van der Waals surface area contributed by atoms with Gasteiger partial charge in [-0.2, -0.15) is 0 Å². The van der Waals surface area contributed by atoms with Crippen molar-refractivity contribution in [2.45, 2.75) is 65.3 Å². The molecule has 1 aliphatic carbocycles. The molecule has 27 heavy (non-hydrogen) atoms. The van der Waals surface area contributed by atoms with Crippen LogP contribution in [0.3, 0.4) is 0 Å². The highest BCUT2D eigenvalue weighted by Gasteiger charge is 2.53. The number of halogens is 1. The van der Waals surface area contributed by atoms with Gasteiger partial charge in [-0.15, -0.1) is 12.4 Å². The van der Waals surface area contributed by atoms with E-state index in [1.54, 1.807) is 0 Å². The Morgan fingerprint density at radius 3 is 2.37 bits per heavy atom. The van der Waals surface area contributed by atoms with Crippen molar-refractivity contribution in [3.05, 3.63) is 0 Å². The van der Waals surface area contributed by atoms with Crippen molar-refractivity contribution in [1.82, 2.24) is 20.9 Å². The van der Waals surface area contributed by atoms with Crippen LogP contribution in [0.15, 0.2) is 0 Å². The van der Waals surface area contributed by atoms with Gasteiger partial charge in [-0.3, -0.25) is 14.5 Å². The fraction of sp³-hybridized carbons (Fsp3) is 0.842. The summed E-state index contributed by atoms with van der Waals surface area (Å²) in [6, 6.07) is -0.441. The lowest BCUT2D eigenvalue weighted by Crippen LogP contribution is -2.51. The first-order valence-electron chi connectivity index (χ1n) is 9.81. The molecule has 0 unspecified atom stereocenters. The smallest absolute Gasteiger partial charge is 0.325 e. The van der Waals surface area contributed by atoms with E-state index in [2.05, 4.69) is 43.6 Å². The van der Waals surface area contributed by atoms with Crippen LogP contribution in [-0.2, 0) is 9.59 Å². The molecule has 0 radical (unpaired) electrons. The summed E-state index contributed by atoms with van der Waals surface area (Å²) < 4.78 is 0. The molecule has 0 bridgehead atoms. The van der Waals surface area contributed by atoms with Crippen molar-refractivity contribution < 1.29 is 14.4 Å². The lowest BCUT2D eigenvalue weighted by Gasteiger charge is -2.40. The second-order valence-corrected chi connectivity index (χ2v) is 8.64. The summed E-state index contributed by atoms with van der Waals surface area (Å²) in [5, 5.41) is 8.82. The Morgan fingerprint density at radius 1 is 1.19 bits per heavy atom. The van der Waals surface area contributed by atoms with Crippen molar-refractivity contribution in [3.63, 3.8) is 0 Å². The molecular weight excluding hydrogens is 368 g/mol. The Morgan fingerprint density at radius 2 is 1.81 bits per heavy atom. The lowest BCUT2D eigenvalue weighted by molar-refractivity contribution is -0.136. The maximum atomic E-state index is 12.8. The molecule has 0 aromatic carbocycles. The maximum Gasteiger partial charge on any atom is 0.325 e. The first-order chi connectivity index (χ1) is 12.2. The number of hydrogen-bond acceptors (Lipinski definition) is 4. The van der Waals surface area contributed by atoms with E-state index in [-0.39, 0.29) is 36.2 Å². The highest BCUT2D eigenvalue weighted by atomic mass is 35.5. The van der Waals surface area contributed by atoms with E-state index >= 15 is 0 Å². The quantitative estimate of drug-likeness (QED) is 0.449. The molecule has 3 N–H and O–H groups in total. The fourth-order valence-corrected chi connectivity index (χ4v) is 3.93. The van der Waals surface area contributed by atoms with Crippen LogP contribution < -0.4 is 16.0 Å². The summed E-state index contributed by atoms with van der Waals surface area (Å²) in [5.74, 6) is 0.00661. The molecule has 156 valence electrons. The minimum absolute atomic E-state index is 0. The van der Waals surface area contributed by atoms with E-state index in [1.807, 2.05) is 0 Å². The van der Waals surface area contributed by atoms with Gasteiger partial charge in [0.1, 0.15) is 12.1 Å². The second kappa shape index (κ2) is 9.73. The van der Waals surface area contributed by atoms with Gasteiger partial charge in [0.15, 0.2) is 0 Å². The van der Waals surface area contributed by atoms with E-state index in [4.69, 9.17) is 0 Å². The van der Waals surface area contributed by atoms with Crippen LogP contribution in [0, 0.1) is 11.3 Å². The SMILES string of the molecule is CCCNCCNC(=O)CN1C(=O)NC2(CCC(C(C)(C)C)CC2)C1=O.Cl. The standard InChI is InChI=1S/C19H34N4O3.ClH/c1-5-10-20-11-12-21-15(24)13-23-16(25)19(22-17(23)26)8-6-14(7-9-19)18(2,3)4;/h14,20H,5-13H2,1-4H3,(H,21,24)(H,22,26);1H. The monoisotopic (exact) mass is 402 g/mol. The first-order valence-corrected chi connectivity index (χ1v) is 9.81. The summed E-state index contributed by atoms with van der Waals surface area (Å²) in [4.78, 5) is 38.3. The average molecular weight is 403 g/mol. The number of nitrogens with zero attached hydrogens (tertiary/aromatic N) is 1. The van der Waals surface area contributed by atoms with E-state index in [1.165, 1.54) is 0 Å². The largest absolute Gasteiger partial charge is 0.353 e. The molecule has 1 heterocycles. The van der Waals surface area contributed by atoms with E-state index in [9.17, 15) is 14.4 Å². The van der Waals surface area contributed by atoms with Gasteiger partial charge in [-0.05, 0) is 50.0 Å². The molecule has 7 nitrogen and oxygen atoms in total. The number of urea groups is 1. The maximum absolute atomic E-state index is 12.8. The summed E-state index contributed by atoms with van der Waals surface area (Å²) in [6.07, 6.45) is 4.17.